The van der Waals surface area contributed by atoms with Crippen LogP contribution in [-0.2, 0) is 4.79 Å². The van der Waals surface area contributed by atoms with Crippen molar-refractivity contribution >= 4 is 22.4 Å². The maximum absolute atomic E-state index is 13.0. The van der Waals surface area contributed by atoms with Crippen LogP contribution in [0.25, 0.3) is 10.8 Å². The molecule has 0 saturated carbocycles. The number of nitrogens with zero attached hydrogens (tertiary/aromatic N) is 2. The van der Waals surface area contributed by atoms with Gasteiger partial charge in [0.25, 0.3) is 0 Å². The van der Waals surface area contributed by atoms with E-state index < -0.39 is 5.54 Å². The highest BCUT2D eigenvalue weighted by molar-refractivity contribution is 5.90. The van der Waals surface area contributed by atoms with Gasteiger partial charge < -0.3 is 15.0 Å². The van der Waals surface area contributed by atoms with E-state index >= 15 is 0 Å². The number of aromatic nitrogens is 1. The van der Waals surface area contributed by atoms with E-state index in [-0.39, 0.29) is 5.91 Å². The van der Waals surface area contributed by atoms with Crippen molar-refractivity contribution in [2.45, 2.75) is 25.3 Å². The Bertz CT molecular complexity index is 955. The van der Waals surface area contributed by atoms with Crippen LogP contribution >= 0.6 is 0 Å². The summed E-state index contributed by atoms with van der Waals surface area (Å²) in [6, 6.07) is 18.1. The van der Waals surface area contributed by atoms with Crippen LogP contribution in [0.4, 0.5) is 5.69 Å². The number of fused-ring (bicyclic) bond motifs is 1. The molecule has 28 heavy (non-hydrogen) atoms. The van der Waals surface area contributed by atoms with E-state index in [0.717, 1.165) is 41.6 Å². The maximum Gasteiger partial charge on any atom is 0.245 e. The summed E-state index contributed by atoms with van der Waals surface area (Å²) in [5.74, 6) is 0.890. The highest BCUT2D eigenvalue weighted by atomic mass is 16.5. The number of ether oxygens (including phenoxy) is 1. The van der Waals surface area contributed by atoms with Crippen LogP contribution in [0.5, 0.6) is 5.75 Å². The largest absolute Gasteiger partial charge is 0.491 e. The minimum absolute atomic E-state index is 0.0448. The smallest absolute Gasteiger partial charge is 0.245 e. The topological polar surface area (TPSA) is 54.5 Å². The molecule has 0 unspecified atom stereocenters. The van der Waals surface area contributed by atoms with Gasteiger partial charge in [-0.3, -0.25) is 9.78 Å². The van der Waals surface area contributed by atoms with E-state index in [9.17, 15) is 4.79 Å². The Kier molecular flexibility index (Phi) is 5.15. The molecule has 5 heteroatoms. The van der Waals surface area contributed by atoms with Crippen molar-refractivity contribution in [3.05, 3.63) is 67.0 Å². The lowest BCUT2D eigenvalue weighted by atomic mass is 9.97. The Labute approximate surface area is 165 Å². The molecule has 144 valence electrons. The fourth-order valence-corrected chi connectivity index (χ4v) is 3.97. The zero-order chi connectivity index (χ0) is 19.4. The standard InChI is InChI=1S/C23H25N3O2/c1-23(12-5-16-26(23)19-10-13-24-14-11-19)22(27)25-15-17-28-21-9-4-7-18-6-2-3-8-20(18)21/h2-4,6-11,13-14H,5,12,15-17H2,1H3,(H,25,27)/t23-/m0/s1. The lowest BCUT2D eigenvalue weighted by Gasteiger charge is -2.35. The molecule has 2 heterocycles. The number of rotatable bonds is 6. The number of benzene rings is 2. The lowest BCUT2D eigenvalue weighted by Crippen LogP contribution is -2.54. The van der Waals surface area contributed by atoms with Crippen LogP contribution in [0.2, 0.25) is 0 Å². The molecule has 1 aliphatic heterocycles. The van der Waals surface area contributed by atoms with Gasteiger partial charge in [0, 0.05) is 30.0 Å². The fraction of sp³-hybridized carbons (Fsp3) is 0.304. The highest BCUT2D eigenvalue weighted by Gasteiger charge is 2.43. The van der Waals surface area contributed by atoms with Crippen molar-refractivity contribution < 1.29 is 9.53 Å². The molecule has 1 amide bonds. The molecule has 1 saturated heterocycles. The molecule has 0 bridgehead atoms. The second-order valence-electron chi connectivity index (χ2n) is 7.32. The predicted octanol–water partition coefficient (Wildman–Crippen LogP) is 3.79. The summed E-state index contributed by atoms with van der Waals surface area (Å²) in [6.45, 7) is 3.80. The fourth-order valence-electron chi connectivity index (χ4n) is 3.97. The molecule has 4 rings (SSSR count). The van der Waals surface area contributed by atoms with Crippen LogP contribution in [0.3, 0.4) is 0 Å². The number of hydrogen-bond acceptors (Lipinski definition) is 4. The molecule has 1 N–H and O–H groups in total. The molecule has 1 fully saturated rings. The minimum Gasteiger partial charge on any atom is -0.491 e. The Morgan fingerprint density at radius 1 is 1.14 bits per heavy atom. The monoisotopic (exact) mass is 375 g/mol. The summed E-state index contributed by atoms with van der Waals surface area (Å²) in [4.78, 5) is 19.2. The Balaban J connectivity index is 1.36. The van der Waals surface area contributed by atoms with Crippen LogP contribution in [0, 0.1) is 0 Å². The SMILES string of the molecule is C[C@@]1(C(=O)NCCOc2cccc3ccccc23)CCCN1c1ccncc1. The number of anilines is 1. The van der Waals surface area contributed by atoms with E-state index in [1.165, 1.54) is 0 Å². The summed E-state index contributed by atoms with van der Waals surface area (Å²) in [7, 11) is 0. The summed E-state index contributed by atoms with van der Waals surface area (Å²) in [5.41, 5.74) is 0.498. The van der Waals surface area contributed by atoms with Crippen LogP contribution in [-0.4, -0.2) is 36.1 Å². The molecule has 1 aromatic heterocycles. The number of hydrogen-bond donors (Lipinski definition) is 1. The molecule has 0 aliphatic carbocycles. The van der Waals surface area contributed by atoms with Gasteiger partial charge >= 0.3 is 0 Å². The third-order valence-corrected chi connectivity index (χ3v) is 5.50. The van der Waals surface area contributed by atoms with Gasteiger partial charge in [-0.25, -0.2) is 0 Å². The van der Waals surface area contributed by atoms with Gasteiger partial charge in [-0.1, -0.05) is 36.4 Å². The second kappa shape index (κ2) is 7.89. The van der Waals surface area contributed by atoms with Gasteiger partial charge in [-0.2, -0.15) is 0 Å². The van der Waals surface area contributed by atoms with Crippen molar-refractivity contribution in [2.24, 2.45) is 0 Å². The Morgan fingerprint density at radius 3 is 2.79 bits per heavy atom. The number of carbonyl (C=O) groups excluding carboxylic acids is 1. The van der Waals surface area contributed by atoms with Gasteiger partial charge in [0.15, 0.2) is 0 Å². The quantitative estimate of drug-likeness (QED) is 0.666. The van der Waals surface area contributed by atoms with Gasteiger partial charge in [0.2, 0.25) is 5.91 Å². The first-order chi connectivity index (χ1) is 13.7. The van der Waals surface area contributed by atoms with Crippen LogP contribution in [0.1, 0.15) is 19.8 Å². The van der Waals surface area contributed by atoms with E-state index in [1.807, 2.05) is 43.3 Å². The third-order valence-electron chi connectivity index (χ3n) is 5.50. The molecule has 0 spiro atoms. The first-order valence-electron chi connectivity index (χ1n) is 9.75. The molecule has 5 nitrogen and oxygen atoms in total. The molecular weight excluding hydrogens is 350 g/mol. The summed E-state index contributed by atoms with van der Waals surface area (Å²) in [5, 5.41) is 5.30. The molecule has 0 radical (unpaired) electrons. The zero-order valence-electron chi connectivity index (χ0n) is 16.1. The lowest BCUT2D eigenvalue weighted by molar-refractivity contribution is -0.125. The van der Waals surface area contributed by atoms with Crippen molar-refractivity contribution in [2.75, 3.05) is 24.6 Å². The maximum atomic E-state index is 13.0. The van der Waals surface area contributed by atoms with E-state index in [0.29, 0.717) is 13.2 Å². The van der Waals surface area contributed by atoms with Crippen molar-refractivity contribution in [1.29, 1.82) is 0 Å². The average Bonchev–Trinajstić information content (AvgIpc) is 3.14. The second-order valence-corrected chi connectivity index (χ2v) is 7.32. The van der Waals surface area contributed by atoms with Crippen molar-refractivity contribution in [3.63, 3.8) is 0 Å². The summed E-state index contributed by atoms with van der Waals surface area (Å²) < 4.78 is 5.94. The molecule has 1 aliphatic rings. The number of pyridine rings is 1. The number of nitrogens with one attached hydrogen (secondary N) is 1. The number of carbonyl (C=O) groups is 1. The van der Waals surface area contributed by atoms with Gasteiger partial charge in [-0.05, 0) is 43.4 Å². The van der Waals surface area contributed by atoms with Gasteiger partial charge in [0.05, 0.1) is 6.54 Å². The first kappa shape index (κ1) is 18.3. The third kappa shape index (κ3) is 3.52. The van der Waals surface area contributed by atoms with Gasteiger partial charge in [0.1, 0.15) is 17.9 Å². The first-order valence-corrected chi connectivity index (χ1v) is 9.75. The van der Waals surface area contributed by atoms with E-state index in [4.69, 9.17) is 4.74 Å². The predicted molar refractivity (Wildman–Crippen MR) is 112 cm³/mol. The average molecular weight is 375 g/mol. The van der Waals surface area contributed by atoms with Gasteiger partial charge in [-0.15, -0.1) is 0 Å². The van der Waals surface area contributed by atoms with Crippen LogP contribution < -0.4 is 15.0 Å². The molecule has 1 atom stereocenters. The van der Waals surface area contributed by atoms with Crippen molar-refractivity contribution in [1.82, 2.24) is 10.3 Å². The zero-order valence-corrected chi connectivity index (χ0v) is 16.1. The molecule has 2 aromatic carbocycles. The summed E-state index contributed by atoms with van der Waals surface area (Å²) >= 11 is 0. The summed E-state index contributed by atoms with van der Waals surface area (Å²) in [6.07, 6.45) is 5.37. The van der Waals surface area contributed by atoms with Crippen molar-refractivity contribution in [3.8, 4) is 5.75 Å². The van der Waals surface area contributed by atoms with Crippen LogP contribution in [0.15, 0.2) is 67.0 Å². The Morgan fingerprint density at radius 2 is 1.93 bits per heavy atom. The number of amides is 1. The van der Waals surface area contributed by atoms with E-state index in [2.05, 4.69) is 33.4 Å². The molecular formula is C23H25N3O2. The molecule has 3 aromatic rings. The highest BCUT2D eigenvalue weighted by Crippen LogP contribution is 2.33. The Hall–Kier alpha value is -3.08. The minimum atomic E-state index is -0.541. The van der Waals surface area contributed by atoms with E-state index in [1.54, 1.807) is 12.4 Å². The normalized spacial score (nSPS) is 19.0.